The summed E-state index contributed by atoms with van der Waals surface area (Å²) in [5.41, 5.74) is 22.0. The quantitative estimate of drug-likeness (QED) is 0.114. The predicted octanol–water partition coefficient (Wildman–Crippen LogP) is 19.3. The lowest BCUT2D eigenvalue weighted by Gasteiger charge is -2.32. The molecule has 0 atom stereocenters. The van der Waals surface area contributed by atoms with Gasteiger partial charge in [-0.05, 0) is 122 Å². The highest BCUT2D eigenvalue weighted by molar-refractivity contribution is 5.96. The molecular formula is C66H60N6O6. The van der Waals surface area contributed by atoms with Gasteiger partial charge in [0.25, 0.3) is 0 Å². The van der Waals surface area contributed by atoms with E-state index in [2.05, 4.69) is 156 Å². The average Bonchev–Trinajstić information content (AvgIpc) is 4.40. The van der Waals surface area contributed by atoms with E-state index in [-0.39, 0.29) is 35.5 Å². The molecule has 0 fully saturated rings. The summed E-state index contributed by atoms with van der Waals surface area (Å²) in [6.07, 6.45) is 0. The van der Waals surface area contributed by atoms with Gasteiger partial charge in [0.1, 0.15) is 33.1 Å². The minimum Gasteiger partial charge on any atom is -0.440 e. The first-order valence-electron chi connectivity index (χ1n) is 27.2. The molecule has 6 aromatic heterocycles. The van der Waals surface area contributed by atoms with Gasteiger partial charge in [0, 0.05) is 52.6 Å². The van der Waals surface area contributed by atoms with E-state index in [1.807, 2.05) is 36.4 Å². The smallest absolute Gasteiger partial charge is 0.227 e. The summed E-state index contributed by atoms with van der Waals surface area (Å²) in [6.45, 7) is 26.3. The van der Waals surface area contributed by atoms with Crippen LogP contribution in [0.2, 0.25) is 0 Å². The molecule has 0 spiro atoms. The Balaban J connectivity index is 0.955. The van der Waals surface area contributed by atoms with Crippen LogP contribution in [0.5, 0.6) is 0 Å². The van der Waals surface area contributed by atoms with E-state index < -0.39 is 0 Å². The van der Waals surface area contributed by atoms with Crippen molar-refractivity contribution in [1.29, 1.82) is 0 Å². The third kappa shape index (κ3) is 8.27. The van der Waals surface area contributed by atoms with Crippen LogP contribution in [0, 0.1) is 0 Å². The predicted molar refractivity (Wildman–Crippen MR) is 309 cm³/mol. The fourth-order valence-corrected chi connectivity index (χ4v) is 11.0. The van der Waals surface area contributed by atoms with E-state index in [9.17, 15) is 0 Å². The molecule has 0 N–H and O–H groups in total. The zero-order chi connectivity index (χ0) is 54.0. The summed E-state index contributed by atoms with van der Waals surface area (Å²) in [5.74, 6) is 4.61. The number of aromatic nitrogens is 6. The first-order chi connectivity index (χ1) is 37.5. The van der Waals surface area contributed by atoms with Crippen LogP contribution in [0.3, 0.4) is 0 Å². The maximum absolute atomic E-state index is 6.43. The van der Waals surface area contributed by atoms with Gasteiger partial charge in [-0.15, -0.1) is 0 Å². The molecule has 13 aromatic rings. The molecule has 0 aliphatic carbocycles. The first-order valence-corrected chi connectivity index (χ1v) is 27.2. The lowest BCUT2D eigenvalue weighted by atomic mass is 9.71. The Bertz CT molecular complexity index is 3820. The molecule has 0 saturated carbocycles. The van der Waals surface area contributed by atoms with Crippen LogP contribution in [0.25, 0.3) is 134 Å². The molecule has 12 heteroatoms. The second-order valence-electron chi connectivity index (χ2n) is 22.6. The summed E-state index contributed by atoms with van der Waals surface area (Å²) in [5, 5.41) is 0. The van der Waals surface area contributed by atoms with Crippen molar-refractivity contribution in [2.45, 2.75) is 119 Å². The Morgan fingerprint density at radius 3 is 0.692 bits per heavy atom. The van der Waals surface area contributed by atoms with Gasteiger partial charge < -0.3 is 26.5 Å². The van der Waals surface area contributed by atoms with Crippen molar-refractivity contribution in [3.05, 3.63) is 144 Å². The van der Waals surface area contributed by atoms with Gasteiger partial charge in [-0.25, -0.2) is 29.9 Å². The van der Waals surface area contributed by atoms with Crippen LogP contribution in [0.4, 0.5) is 0 Å². The summed E-state index contributed by atoms with van der Waals surface area (Å²) in [6, 6.07) is 37.6. The van der Waals surface area contributed by atoms with E-state index >= 15 is 0 Å². The molecule has 0 unspecified atom stereocenters. The summed E-state index contributed by atoms with van der Waals surface area (Å²) >= 11 is 0. The van der Waals surface area contributed by atoms with Gasteiger partial charge in [-0.3, -0.25) is 0 Å². The molecule has 6 heterocycles. The lowest BCUT2D eigenvalue weighted by Crippen LogP contribution is -2.11. The summed E-state index contributed by atoms with van der Waals surface area (Å²) < 4.78 is 37.5. The van der Waals surface area contributed by atoms with Gasteiger partial charge >= 0.3 is 0 Å². The number of rotatable bonds is 12. The number of benzene rings is 7. The van der Waals surface area contributed by atoms with Gasteiger partial charge in [0.05, 0.1) is 0 Å². The SMILES string of the molecule is CC(C)c1nc2cc3nc(-c4ccc(-c5c(C(C)C)c(-c6ccc(-c7nc8cc9nc(C(C)C)oc9cc8o7)cc6)c(C(C)C)c(-c6ccc(-c7nc8cc9nc(C(C)C)oc9cc8o7)cc6)c5C(C)C)cc4)oc3cc2o1. The van der Waals surface area contributed by atoms with Crippen LogP contribution in [-0.2, 0) is 0 Å². The Hall–Kier alpha value is -8.64. The van der Waals surface area contributed by atoms with Crippen LogP contribution in [0.1, 0.15) is 153 Å². The third-order valence-corrected chi connectivity index (χ3v) is 14.8. The average molecular weight is 1030 g/mol. The molecule has 0 amide bonds. The molecule has 12 nitrogen and oxygen atoms in total. The molecule has 390 valence electrons. The van der Waals surface area contributed by atoms with Gasteiger partial charge in [0.2, 0.25) is 17.7 Å². The van der Waals surface area contributed by atoms with E-state index in [1.54, 1.807) is 0 Å². The Kier molecular flexibility index (Phi) is 11.6. The Morgan fingerprint density at radius 2 is 0.462 bits per heavy atom. The fourth-order valence-electron chi connectivity index (χ4n) is 11.0. The Labute approximate surface area is 451 Å². The van der Waals surface area contributed by atoms with Gasteiger partial charge in [-0.2, -0.15) is 0 Å². The number of oxazole rings is 6. The molecule has 0 aliphatic rings. The van der Waals surface area contributed by atoms with Gasteiger partial charge in [-0.1, -0.05) is 119 Å². The van der Waals surface area contributed by atoms with Crippen molar-refractivity contribution < 1.29 is 26.5 Å². The van der Waals surface area contributed by atoms with E-state index in [0.29, 0.717) is 68.8 Å². The van der Waals surface area contributed by atoms with E-state index in [0.717, 1.165) is 66.5 Å². The molecule has 7 aromatic carbocycles. The molecule has 0 radical (unpaired) electrons. The second kappa shape index (κ2) is 18.5. The summed E-state index contributed by atoms with van der Waals surface area (Å²) in [7, 11) is 0. The number of hydrogen-bond acceptors (Lipinski definition) is 12. The van der Waals surface area contributed by atoms with E-state index in [4.69, 9.17) is 56.4 Å². The highest BCUT2D eigenvalue weighted by Crippen LogP contribution is 2.52. The standard InChI is InChI=1S/C66H60N6O6/c1-31(2)55-58(37-13-19-40(20-14-37)64-70-46-25-43-49(28-52(46)76-64)73-61(67-43)34(7)8)56(32(3)4)60(39-17-23-42(24-18-39)66-72-48-27-45-51(30-54(48)78-66)75-63(69-45)36(11)12)57(33(5)6)59(55)38-15-21-41(22-16-38)65-71-47-26-44-50(29-53(47)77-65)74-62(68-44)35(9)10/h13-36H,1-12H3. The van der Waals surface area contributed by atoms with Crippen molar-refractivity contribution >= 4 is 66.6 Å². The topological polar surface area (TPSA) is 156 Å². The monoisotopic (exact) mass is 1030 g/mol. The van der Waals surface area contributed by atoms with Crippen molar-refractivity contribution in [3.63, 3.8) is 0 Å². The largest absolute Gasteiger partial charge is 0.440 e. The van der Waals surface area contributed by atoms with Crippen LogP contribution >= 0.6 is 0 Å². The lowest BCUT2D eigenvalue weighted by molar-refractivity contribution is 0.501. The zero-order valence-electron chi connectivity index (χ0n) is 46.0. The summed E-state index contributed by atoms with van der Waals surface area (Å²) in [4.78, 5) is 29.0. The first kappa shape index (κ1) is 49.0. The molecule has 0 bridgehead atoms. The van der Waals surface area contributed by atoms with Crippen molar-refractivity contribution in [1.82, 2.24) is 29.9 Å². The van der Waals surface area contributed by atoms with Gasteiger partial charge in [0.15, 0.2) is 51.2 Å². The maximum atomic E-state index is 6.43. The highest BCUT2D eigenvalue weighted by Gasteiger charge is 2.31. The molecule has 0 aliphatic heterocycles. The third-order valence-electron chi connectivity index (χ3n) is 14.8. The minimum atomic E-state index is 0.134. The zero-order valence-corrected chi connectivity index (χ0v) is 46.0. The maximum Gasteiger partial charge on any atom is 0.227 e. The van der Waals surface area contributed by atoms with Crippen LogP contribution in [0.15, 0.2) is 136 Å². The fraction of sp³-hybridized carbons (Fsp3) is 0.273. The molecule has 0 saturated heterocycles. The highest BCUT2D eigenvalue weighted by atomic mass is 16.4. The van der Waals surface area contributed by atoms with E-state index in [1.165, 1.54) is 33.4 Å². The molecule has 13 rings (SSSR count). The minimum absolute atomic E-state index is 0.134. The van der Waals surface area contributed by atoms with Crippen LogP contribution in [-0.4, -0.2) is 29.9 Å². The number of fused-ring (bicyclic) bond motifs is 6. The molecular weight excluding hydrogens is 973 g/mol. The number of hydrogen-bond donors (Lipinski definition) is 0. The normalized spacial score (nSPS) is 12.5. The Morgan fingerprint density at radius 1 is 0.244 bits per heavy atom. The molecule has 78 heavy (non-hydrogen) atoms. The van der Waals surface area contributed by atoms with Crippen molar-refractivity contribution in [2.24, 2.45) is 0 Å². The second-order valence-corrected chi connectivity index (χ2v) is 22.6. The number of nitrogens with zero attached hydrogens (tertiary/aromatic N) is 6. The van der Waals surface area contributed by atoms with Crippen molar-refractivity contribution in [2.75, 3.05) is 0 Å². The van der Waals surface area contributed by atoms with Crippen LogP contribution < -0.4 is 0 Å². The van der Waals surface area contributed by atoms with Crippen molar-refractivity contribution in [3.8, 4) is 67.7 Å².